The van der Waals surface area contributed by atoms with Crippen LogP contribution in [0, 0.1) is 44.8 Å². The first-order valence-corrected chi connectivity index (χ1v) is 16.9. The Labute approximate surface area is 257 Å². The summed E-state index contributed by atoms with van der Waals surface area (Å²) in [6, 6.07) is 0. The van der Waals surface area contributed by atoms with E-state index in [2.05, 4.69) is 41.5 Å². The van der Waals surface area contributed by atoms with Gasteiger partial charge in [0.2, 0.25) is 0 Å². The number of aliphatic hydroxyl groups excluding tert-OH is 4. The lowest BCUT2D eigenvalue weighted by Crippen LogP contribution is -2.63. The van der Waals surface area contributed by atoms with Crippen LogP contribution in [0.25, 0.3) is 0 Å². The van der Waals surface area contributed by atoms with Crippen LogP contribution in [0.3, 0.4) is 0 Å². The summed E-state index contributed by atoms with van der Waals surface area (Å²) in [7, 11) is 0. The molecule has 1 saturated heterocycles. The SMILES string of the molecule is CC1(C)CC[C@]2(C(=O)O)CCC3=C(CC[C@@H]4[C@@]5(C)CC[C@H](O[C@@H]6O[C@H](CO)[C@@H](O)[C@H](O)[C@H]6O)C(C)(C)[C@@H]5CC[C@@]34C)[C@@H]2C1. The highest BCUT2D eigenvalue weighted by Gasteiger charge is 2.65. The van der Waals surface area contributed by atoms with E-state index in [1.165, 1.54) is 5.57 Å². The number of aliphatic hydroxyl groups is 4. The largest absolute Gasteiger partial charge is 0.481 e. The van der Waals surface area contributed by atoms with E-state index >= 15 is 0 Å². The number of carboxylic acid groups (broad SMARTS) is 1. The maximum atomic E-state index is 12.8. The van der Waals surface area contributed by atoms with Gasteiger partial charge in [-0.05, 0) is 110 Å². The maximum absolute atomic E-state index is 12.8. The molecule has 1 aliphatic heterocycles. The fourth-order valence-electron chi connectivity index (χ4n) is 11.8. The molecule has 5 N–H and O–H groups in total. The van der Waals surface area contributed by atoms with Crippen molar-refractivity contribution in [1.29, 1.82) is 0 Å². The van der Waals surface area contributed by atoms with Crippen LogP contribution in [0.5, 0.6) is 0 Å². The van der Waals surface area contributed by atoms with Crippen molar-refractivity contribution in [2.45, 2.75) is 149 Å². The summed E-state index contributed by atoms with van der Waals surface area (Å²) in [4.78, 5) is 12.8. The number of allylic oxidation sites excluding steroid dienone is 2. The van der Waals surface area contributed by atoms with Crippen LogP contribution in [0.15, 0.2) is 11.1 Å². The second-order valence-electron chi connectivity index (χ2n) is 17.2. The zero-order chi connectivity index (χ0) is 31.3. The monoisotopic (exact) mass is 604 g/mol. The van der Waals surface area contributed by atoms with Crippen molar-refractivity contribution in [2.24, 2.45) is 44.8 Å². The van der Waals surface area contributed by atoms with Gasteiger partial charge in [-0.15, -0.1) is 0 Å². The van der Waals surface area contributed by atoms with E-state index in [1.54, 1.807) is 5.57 Å². The van der Waals surface area contributed by atoms with Crippen molar-refractivity contribution in [3.8, 4) is 0 Å². The molecule has 0 aromatic heterocycles. The third-order valence-electron chi connectivity index (χ3n) is 14.3. The third kappa shape index (κ3) is 4.63. The van der Waals surface area contributed by atoms with Gasteiger partial charge in [-0.3, -0.25) is 4.79 Å². The van der Waals surface area contributed by atoms with Crippen LogP contribution in [-0.2, 0) is 14.3 Å². The molecule has 0 aromatic rings. The lowest BCUT2D eigenvalue weighted by atomic mass is 9.38. The minimum atomic E-state index is -1.45. The molecular weight excluding hydrogens is 548 g/mol. The molecule has 0 radical (unpaired) electrons. The molecule has 3 saturated carbocycles. The van der Waals surface area contributed by atoms with Crippen LogP contribution in [0.1, 0.15) is 112 Å². The van der Waals surface area contributed by atoms with Crippen LogP contribution < -0.4 is 0 Å². The zero-order valence-corrected chi connectivity index (χ0v) is 27.1. The molecule has 1 heterocycles. The molecule has 12 atom stereocenters. The van der Waals surface area contributed by atoms with Crippen molar-refractivity contribution in [3.05, 3.63) is 11.1 Å². The molecule has 0 bridgehead atoms. The molecule has 8 heteroatoms. The summed E-state index contributed by atoms with van der Waals surface area (Å²) >= 11 is 0. The normalized spacial score (nSPS) is 50.6. The lowest BCUT2D eigenvalue weighted by Gasteiger charge is -2.67. The number of hydrogen-bond acceptors (Lipinski definition) is 7. The highest BCUT2D eigenvalue weighted by atomic mass is 16.7. The molecule has 5 aliphatic carbocycles. The molecule has 6 rings (SSSR count). The van der Waals surface area contributed by atoms with Crippen molar-refractivity contribution in [2.75, 3.05) is 6.61 Å². The third-order valence-corrected chi connectivity index (χ3v) is 14.3. The summed E-state index contributed by atoms with van der Waals surface area (Å²) in [5, 5.41) is 51.5. The van der Waals surface area contributed by atoms with Gasteiger partial charge in [0.05, 0.1) is 18.1 Å². The molecule has 4 fully saturated rings. The van der Waals surface area contributed by atoms with Gasteiger partial charge in [0.25, 0.3) is 0 Å². The van der Waals surface area contributed by atoms with Crippen molar-refractivity contribution in [3.63, 3.8) is 0 Å². The number of aliphatic carboxylic acids is 1. The van der Waals surface area contributed by atoms with Gasteiger partial charge in [-0.2, -0.15) is 0 Å². The fourth-order valence-corrected chi connectivity index (χ4v) is 11.8. The fraction of sp³-hybridized carbons (Fsp3) is 0.914. The van der Waals surface area contributed by atoms with E-state index < -0.39 is 48.7 Å². The van der Waals surface area contributed by atoms with Crippen LogP contribution >= 0.6 is 0 Å². The van der Waals surface area contributed by atoms with Gasteiger partial charge in [0.1, 0.15) is 24.4 Å². The van der Waals surface area contributed by atoms with E-state index in [4.69, 9.17) is 9.47 Å². The van der Waals surface area contributed by atoms with E-state index in [1.807, 2.05) is 0 Å². The maximum Gasteiger partial charge on any atom is 0.310 e. The van der Waals surface area contributed by atoms with E-state index in [0.717, 1.165) is 70.6 Å². The minimum absolute atomic E-state index is 0.0755. The highest BCUT2D eigenvalue weighted by molar-refractivity contribution is 5.76. The van der Waals surface area contributed by atoms with Gasteiger partial charge in [-0.1, -0.05) is 52.7 Å². The molecule has 244 valence electrons. The Morgan fingerprint density at radius 1 is 0.860 bits per heavy atom. The Hall–Kier alpha value is -1.03. The number of carbonyl (C=O) groups is 1. The average molecular weight is 605 g/mol. The average Bonchev–Trinajstić information content (AvgIpc) is 2.93. The molecule has 0 aromatic carbocycles. The first kappa shape index (κ1) is 31.9. The summed E-state index contributed by atoms with van der Waals surface area (Å²) < 4.78 is 12.2. The van der Waals surface area contributed by atoms with E-state index in [9.17, 15) is 30.3 Å². The Bertz CT molecular complexity index is 1140. The Kier molecular flexibility index (Phi) is 7.79. The van der Waals surface area contributed by atoms with Gasteiger partial charge in [0.15, 0.2) is 6.29 Å². The van der Waals surface area contributed by atoms with Crippen LogP contribution in [0.2, 0.25) is 0 Å². The quantitative estimate of drug-likeness (QED) is 0.228. The second kappa shape index (κ2) is 10.5. The first-order chi connectivity index (χ1) is 20.0. The summed E-state index contributed by atoms with van der Waals surface area (Å²) in [6.07, 6.45) is 3.94. The number of fused-ring (bicyclic) bond motifs is 6. The summed E-state index contributed by atoms with van der Waals surface area (Å²) in [5.74, 6) is 0.472. The summed E-state index contributed by atoms with van der Waals surface area (Å²) in [5.41, 5.74) is 2.62. The number of rotatable bonds is 4. The minimum Gasteiger partial charge on any atom is -0.481 e. The molecular formula is C35H56O8. The highest BCUT2D eigenvalue weighted by Crippen LogP contribution is 2.71. The molecule has 0 unspecified atom stereocenters. The van der Waals surface area contributed by atoms with Gasteiger partial charge in [-0.25, -0.2) is 0 Å². The smallest absolute Gasteiger partial charge is 0.310 e. The van der Waals surface area contributed by atoms with Gasteiger partial charge in [0, 0.05) is 0 Å². The molecule has 0 spiro atoms. The summed E-state index contributed by atoms with van der Waals surface area (Å²) in [6.45, 7) is 13.7. The second-order valence-corrected chi connectivity index (χ2v) is 17.2. The molecule has 6 aliphatic rings. The standard InChI is InChI=1S/C35H56O8/c1-31(2)15-16-35(30(40)41)14-9-20-19(21(35)17-31)7-8-24-33(20,5)12-10-23-32(3,4)25(11-13-34(23,24)6)43-29-28(39)27(38)26(37)22(18-36)42-29/h21-29,36-39H,7-18H2,1-6H3,(H,40,41)/t21-,22+,23-,24-,25-,26+,27-,28+,29-,33-,34-,35+/m0/s1. The number of hydrogen-bond donors (Lipinski definition) is 5. The first-order valence-electron chi connectivity index (χ1n) is 16.9. The molecule has 43 heavy (non-hydrogen) atoms. The zero-order valence-electron chi connectivity index (χ0n) is 27.1. The Morgan fingerprint density at radius 3 is 2.26 bits per heavy atom. The van der Waals surface area contributed by atoms with Crippen molar-refractivity contribution < 1.29 is 39.8 Å². The van der Waals surface area contributed by atoms with Crippen LogP contribution in [0.4, 0.5) is 0 Å². The lowest BCUT2D eigenvalue weighted by molar-refractivity contribution is -0.329. The van der Waals surface area contributed by atoms with E-state index in [-0.39, 0.29) is 33.7 Å². The molecule has 0 amide bonds. The number of ether oxygens (including phenoxy) is 2. The van der Waals surface area contributed by atoms with Crippen LogP contribution in [-0.4, -0.2) is 74.9 Å². The Balaban J connectivity index is 1.27. The van der Waals surface area contributed by atoms with Gasteiger partial charge >= 0.3 is 5.97 Å². The predicted octanol–water partition coefficient (Wildman–Crippen LogP) is 4.81. The predicted molar refractivity (Wildman–Crippen MR) is 161 cm³/mol. The van der Waals surface area contributed by atoms with Gasteiger partial charge < -0.3 is 35.0 Å². The van der Waals surface area contributed by atoms with Crippen molar-refractivity contribution >= 4 is 5.97 Å². The Morgan fingerprint density at radius 2 is 1.58 bits per heavy atom. The van der Waals surface area contributed by atoms with E-state index in [0.29, 0.717) is 11.8 Å². The number of carboxylic acids is 1. The van der Waals surface area contributed by atoms with Crippen molar-refractivity contribution in [1.82, 2.24) is 0 Å². The molecule has 8 nitrogen and oxygen atoms in total. The topological polar surface area (TPSA) is 137 Å².